The largest absolute Gasteiger partial charge is 0.370 e. The minimum absolute atomic E-state index is 0.0882. The van der Waals surface area contributed by atoms with Crippen molar-refractivity contribution in [2.45, 2.75) is 13.3 Å². The van der Waals surface area contributed by atoms with Crippen LogP contribution < -0.4 is 10.2 Å². The number of fused-ring (bicyclic) bond motifs is 1. The third-order valence-electron chi connectivity index (χ3n) is 2.56. The lowest BCUT2D eigenvalue weighted by Gasteiger charge is -2.22. The zero-order valence-corrected chi connectivity index (χ0v) is 10.2. The Morgan fingerprint density at radius 2 is 2.33 bits per heavy atom. The van der Waals surface area contributed by atoms with Gasteiger partial charge in [0.25, 0.3) is 0 Å². The van der Waals surface area contributed by atoms with Crippen molar-refractivity contribution in [3.63, 3.8) is 0 Å². The number of hydrogen-bond donors (Lipinski definition) is 1. The van der Waals surface area contributed by atoms with E-state index in [0.717, 1.165) is 28.9 Å². The van der Waals surface area contributed by atoms with Gasteiger partial charge in [0.2, 0.25) is 5.91 Å². The number of nitrogens with zero attached hydrogens (tertiary/aromatic N) is 1. The van der Waals surface area contributed by atoms with Crippen LogP contribution in [0, 0.1) is 0 Å². The van der Waals surface area contributed by atoms with Gasteiger partial charge in [-0.15, -0.1) is 0 Å². The topological polar surface area (TPSA) is 32.3 Å². The van der Waals surface area contributed by atoms with Gasteiger partial charge in [-0.05, 0) is 25.1 Å². The average Bonchev–Trinajstić information content (AvgIpc) is 2.35. The van der Waals surface area contributed by atoms with Gasteiger partial charge in [0.1, 0.15) is 0 Å². The third-order valence-corrected chi connectivity index (χ3v) is 3.06. The Hall–Kier alpha value is -1.03. The summed E-state index contributed by atoms with van der Waals surface area (Å²) in [5.74, 6) is 0.0882. The molecule has 2 rings (SSSR count). The van der Waals surface area contributed by atoms with E-state index in [1.54, 1.807) is 0 Å². The Labute approximate surface area is 97.6 Å². The lowest BCUT2D eigenvalue weighted by molar-refractivity contribution is -0.115. The number of halogens is 1. The van der Waals surface area contributed by atoms with Gasteiger partial charge in [-0.3, -0.25) is 4.79 Å². The van der Waals surface area contributed by atoms with Crippen LogP contribution in [0.3, 0.4) is 0 Å². The van der Waals surface area contributed by atoms with Gasteiger partial charge in [-0.2, -0.15) is 0 Å². The Morgan fingerprint density at radius 1 is 1.53 bits per heavy atom. The normalized spacial score (nSPS) is 15.6. The number of hydrogen-bond acceptors (Lipinski definition) is 2. The molecule has 4 heteroatoms. The van der Waals surface area contributed by atoms with Crippen LogP contribution in [-0.4, -0.2) is 19.0 Å². The minimum Gasteiger partial charge on any atom is -0.370 e. The fourth-order valence-corrected chi connectivity index (χ4v) is 2.14. The van der Waals surface area contributed by atoms with E-state index < -0.39 is 0 Å². The van der Waals surface area contributed by atoms with Crippen molar-refractivity contribution in [1.82, 2.24) is 0 Å². The molecule has 0 bridgehead atoms. The molecule has 1 aliphatic heterocycles. The van der Waals surface area contributed by atoms with Crippen molar-refractivity contribution in [2.75, 3.05) is 23.3 Å². The monoisotopic (exact) mass is 268 g/mol. The molecular weight excluding hydrogens is 256 g/mol. The molecule has 0 atom stereocenters. The summed E-state index contributed by atoms with van der Waals surface area (Å²) in [5.41, 5.74) is 2.00. The molecule has 1 amide bonds. The van der Waals surface area contributed by atoms with Crippen molar-refractivity contribution in [2.24, 2.45) is 0 Å². The van der Waals surface area contributed by atoms with E-state index >= 15 is 0 Å². The lowest BCUT2D eigenvalue weighted by atomic mass is 10.2. The summed E-state index contributed by atoms with van der Waals surface area (Å²) >= 11 is 3.41. The predicted molar refractivity (Wildman–Crippen MR) is 65.3 cm³/mol. The number of anilines is 2. The summed E-state index contributed by atoms with van der Waals surface area (Å²) in [6.07, 6.45) is 0.556. The molecule has 15 heavy (non-hydrogen) atoms. The van der Waals surface area contributed by atoms with Crippen molar-refractivity contribution < 1.29 is 4.79 Å². The van der Waals surface area contributed by atoms with Crippen LogP contribution in [0.4, 0.5) is 11.4 Å². The molecule has 0 spiro atoms. The molecule has 0 unspecified atom stereocenters. The minimum atomic E-state index is 0.0882. The molecule has 0 saturated carbocycles. The molecule has 1 heterocycles. The number of carbonyl (C=O) groups is 1. The Morgan fingerprint density at radius 3 is 3.07 bits per heavy atom. The summed E-state index contributed by atoms with van der Waals surface area (Å²) in [7, 11) is 0. The van der Waals surface area contributed by atoms with Crippen LogP contribution in [0.15, 0.2) is 22.7 Å². The second-order valence-electron chi connectivity index (χ2n) is 3.54. The standard InChI is InChI=1S/C11H13BrN2O/c1-2-14-6-5-11(15)13-9-7-8(12)3-4-10(9)14/h3-4,7H,2,5-6H2,1H3,(H,13,15). The Bertz CT molecular complexity index is 392. The average molecular weight is 269 g/mol. The molecule has 0 aromatic heterocycles. The van der Waals surface area contributed by atoms with Gasteiger partial charge in [-0.25, -0.2) is 0 Å². The molecule has 1 aliphatic rings. The molecule has 0 saturated heterocycles. The zero-order valence-electron chi connectivity index (χ0n) is 8.59. The highest BCUT2D eigenvalue weighted by atomic mass is 79.9. The van der Waals surface area contributed by atoms with Crippen LogP contribution in [0.5, 0.6) is 0 Å². The Kier molecular flexibility index (Phi) is 2.95. The lowest BCUT2D eigenvalue weighted by Crippen LogP contribution is -2.23. The molecule has 1 aromatic rings. The maximum absolute atomic E-state index is 11.5. The van der Waals surface area contributed by atoms with Crippen molar-refractivity contribution in [3.05, 3.63) is 22.7 Å². The molecular formula is C11H13BrN2O. The molecule has 0 aliphatic carbocycles. The van der Waals surface area contributed by atoms with E-state index in [4.69, 9.17) is 0 Å². The van der Waals surface area contributed by atoms with Crippen LogP contribution >= 0.6 is 15.9 Å². The number of nitrogens with one attached hydrogen (secondary N) is 1. The molecule has 0 radical (unpaired) electrons. The van der Waals surface area contributed by atoms with Gasteiger partial charge in [0, 0.05) is 24.0 Å². The van der Waals surface area contributed by atoms with Gasteiger partial charge < -0.3 is 10.2 Å². The van der Waals surface area contributed by atoms with Crippen LogP contribution in [-0.2, 0) is 4.79 Å². The zero-order chi connectivity index (χ0) is 10.8. The van der Waals surface area contributed by atoms with Crippen LogP contribution in [0.25, 0.3) is 0 Å². The van der Waals surface area contributed by atoms with Gasteiger partial charge in [0.15, 0.2) is 0 Å². The maximum Gasteiger partial charge on any atom is 0.226 e. The number of benzene rings is 1. The molecule has 80 valence electrons. The Balaban J connectivity index is 2.44. The van der Waals surface area contributed by atoms with Crippen LogP contribution in [0.2, 0.25) is 0 Å². The summed E-state index contributed by atoms with van der Waals surface area (Å²) in [6.45, 7) is 3.81. The molecule has 1 aromatic carbocycles. The first kappa shape index (κ1) is 10.5. The number of amides is 1. The van der Waals surface area contributed by atoms with Crippen molar-refractivity contribution in [3.8, 4) is 0 Å². The van der Waals surface area contributed by atoms with E-state index in [2.05, 4.69) is 33.1 Å². The van der Waals surface area contributed by atoms with Gasteiger partial charge in [0.05, 0.1) is 11.4 Å². The van der Waals surface area contributed by atoms with Gasteiger partial charge >= 0.3 is 0 Å². The number of carbonyl (C=O) groups excluding carboxylic acids is 1. The third kappa shape index (κ3) is 2.15. The quantitative estimate of drug-likeness (QED) is 0.850. The molecule has 3 nitrogen and oxygen atoms in total. The van der Waals surface area contributed by atoms with Crippen molar-refractivity contribution >= 4 is 33.2 Å². The first-order chi connectivity index (χ1) is 7.20. The first-order valence-electron chi connectivity index (χ1n) is 5.05. The second kappa shape index (κ2) is 4.23. The number of rotatable bonds is 1. The smallest absolute Gasteiger partial charge is 0.226 e. The fourth-order valence-electron chi connectivity index (χ4n) is 1.78. The SMILES string of the molecule is CCN1CCC(=O)Nc2cc(Br)ccc21. The van der Waals surface area contributed by atoms with E-state index in [0.29, 0.717) is 6.42 Å². The summed E-state index contributed by atoms with van der Waals surface area (Å²) < 4.78 is 0.986. The molecule has 0 fully saturated rings. The maximum atomic E-state index is 11.5. The van der Waals surface area contributed by atoms with Gasteiger partial charge in [-0.1, -0.05) is 15.9 Å². The van der Waals surface area contributed by atoms with E-state index in [-0.39, 0.29) is 5.91 Å². The van der Waals surface area contributed by atoms with Crippen molar-refractivity contribution in [1.29, 1.82) is 0 Å². The molecule has 1 N–H and O–H groups in total. The fraction of sp³-hybridized carbons (Fsp3) is 0.364. The van der Waals surface area contributed by atoms with E-state index in [1.165, 1.54) is 0 Å². The highest BCUT2D eigenvalue weighted by Crippen LogP contribution is 2.31. The summed E-state index contributed by atoms with van der Waals surface area (Å²) in [5, 5.41) is 2.92. The second-order valence-corrected chi connectivity index (χ2v) is 4.45. The van der Waals surface area contributed by atoms with Crippen LogP contribution in [0.1, 0.15) is 13.3 Å². The summed E-state index contributed by atoms with van der Waals surface area (Å²) in [6, 6.07) is 5.98. The van der Waals surface area contributed by atoms with E-state index in [1.807, 2.05) is 18.2 Å². The highest BCUT2D eigenvalue weighted by Gasteiger charge is 2.17. The first-order valence-corrected chi connectivity index (χ1v) is 5.84. The highest BCUT2D eigenvalue weighted by molar-refractivity contribution is 9.10. The predicted octanol–water partition coefficient (Wildman–Crippen LogP) is 2.62. The van der Waals surface area contributed by atoms with E-state index in [9.17, 15) is 4.79 Å². The summed E-state index contributed by atoms with van der Waals surface area (Å²) in [4.78, 5) is 13.7.